The van der Waals surface area contributed by atoms with Gasteiger partial charge >= 0.3 is 0 Å². The molecule has 20 heavy (non-hydrogen) atoms. The summed E-state index contributed by atoms with van der Waals surface area (Å²) in [6.07, 6.45) is 0.741. The Morgan fingerprint density at radius 3 is 2.70 bits per heavy atom. The Morgan fingerprint density at radius 1 is 1.20 bits per heavy atom. The molecule has 4 heteroatoms. The second-order valence-electron chi connectivity index (χ2n) is 4.98. The third-order valence-corrected chi connectivity index (χ3v) is 3.59. The minimum absolute atomic E-state index is 0.0376. The van der Waals surface area contributed by atoms with Gasteiger partial charge in [-0.25, -0.2) is 8.78 Å². The van der Waals surface area contributed by atoms with E-state index in [1.54, 1.807) is 4.90 Å². The molecule has 3 rings (SSSR count). The molecule has 2 nitrogen and oxygen atoms in total. The normalized spacial score (nSPS) is 17.1. The topological polar surface area (TPSA) is 20.3 Å². The Bertz CT molecular complexity index is 684. The van der Waals surface area contributed by atoms with Gasteiger partial charge in [-0.3, -0.25) is 4.79 Å². The van der Waals surface area contributed by atoms with Crippen LogP contribution in [0.5, 0.6) is 0 Å². The van der Waals surface area contributed by atoms with E-state index in [0.29, 0.717) is 0 Å². The molecule has 1 amide bonds. The van der Waals surface area contributed by atoms with Gasteiger partial charge in [0.1, 0.15) is 11.6 Å². The number of anilines is 1. The van der Waals surface area contributed by atoms with E-state index < -0.39 is 17.5 Å². The summed E-state index contributed by atoms with van der Waals surface area (Å²) in [6, 6.07) is 10.6. The molecule has 0 spiro atoms. The third-order valence-electron chi connectivity index (χ3n) is 3.59. The Labute approximate surface area is 115 Å². The number of benzene rings is 2. The van der Waals surface area contributed by atoms with Gasteiger partial charge in [0, 0.05) is 17.8 Å². The predicted molar refractivity (Wildman–Crippen MR) is 72.8 cm³/mol. The maximum absolute atomic E-state index is 13.8. The van der Waals surface area contributed by atoms with Crippen molar-refractivity contribution in [1.82, 2.24) is 0 Å². The smallest absolute Gasteiger partial charge is 0.261 e. The van der Waals surface area contributed by atoms with E-state index in [0.717, 1.165) is 29.8 Å². The number of hydrogen-bond donors (Lipinski definition) is 0. The van der Waals surface area contributed by atoms with Crippen LogP contribution in [-0.4, -0.2) is 11.9 Å². The summed E-state index contributed by atoms with van der Waals surface area (Å²) in [5.74, 6) is -1.94. The molecule has 0 N–H and O–H groups in total. The number of para-hydroxylation sites is 1. The molecule has 2 aromatic carbocycles. The Kier molecular flexibility index (Phi) is 3.01. The van der Waals surface area contributed by atoms with E-state index in [-0.39, 0.29) is 11.6 Å². The van der Waals surface area contributed by atoms with Crippen molar-refractivity contribution in [1.29, 1.82) is 0 Å². The van der Waals surface area contributed by atoms with Crippen LogP contribution < -0.4 is 4.90 Å². The van der Waals surface area contributed by atoms with Crippen molar-refractivity contribution in [2.45, 2.75) is 19.4 Å². The molecule has 102 valence electrons. The van der Waals surface area contributed by atoms with E-state index in [2.05, 4.69) is 0 Å². The minimum atomic E-state index is -0.827. The van der Waals surface area contributed by atoms with Crippen LogP contribution in [0.3, 0.4) is 0 Å². The van der Waals surface area contributed by atoms with E-state index in [1.807, 2.05) is 31.2 Å². The molecule has 1 heterocycles. The first-order valence-electron chi connectivity index (χ1n) is 6.44. The van der Waals surface area contributed by atoms with Crippen molar-refractivity contribution in [2.24, 2.45) is 0 Å². The van der Waals surface area contributed by atoms with Crippen molar-refractivity contribution < 1.29 is 13.6 Å². The van der Waals surface area contributed by atoms with Crippen LogP contribution in [0, 0.1) is 11.6 Å². The van der Waals surface area contributed by atoms with Crippen molar-refractivity contribution >= 4 is 11.6 Å². The van der Waals surface area contributed by atoms with Gasteiger partial charge in [-0.1, -0.05) is 18.2 Å². The van der Waals surface area contributed by atoms with Crippen LogP contribution in [0.15, 0.2) is 42.5 Å². The number of carbonyl (C=O) groups is 1. The van der Waals surface area contributed by atoms with Crippen LogP contribution in [0.1, 0.15) is 22.8 Å². The highest BCUT2D eigenvalue weighted by Gasteiger charge is 2.32. The fourth-order valence-corrected chi connectivity index (χ4v) is 2.67. The van der Waals surface area contributed by atoms with Gasteiger partial charge < -0.3 is 4.90 Å². The number of hydrogen-bond acceptors (Lipinski definition) is 1. The van der Waals surface area contributed by atoms with Gasteiger partial charge in [0.15, 0.2) is 0 Å². The Hall–Kier alpha value is -2.23. The lowest BCUT2D eigenvalue weighted by atomic mass is 10.1. The molecule has 1 aliphatic heterocycles. The number of carbonyl (C=O) groups excluding carboxylic acids is 1. The SMILES string of the molecule is CC1Cc2ccccc2N1C(=O)c1ccc(F)cc1F. The first kappa shape index (κ1) is 12.8. The monoisotopic (exact) mass is 273 g/mol. The summed E-state index contributed by atoms with van der Waals surface area (Å²) < 4.78 is 26.7. The Balaban J connectivity index is 2.03. The first-order chi connectivity index (χ1) is 9.58. The number of amides is 1. The standard InChI is InChI=1S/C16H13F2NO/c1-10-8-11-4-2-3-5-15(11)19(10)16(20)13-7-6-12(17)9-14(13)18/h2-7,9-10H,8H2,1H3. The van der Waals surface area contributed by atoms with Gasteiger partial charge in [-0.2, -0.15) is 0 Å². The third kappa shape index (κ3) is 1.97. The van der Waals surface area contributed by atoms with Gasteiger partial charge in [-0.05, 0) is 37.1 Å². The average Bonchev–Trinajstić information content (AvgIpc) is 2.73. The van der Waals surface area contributed by atoms with Crippen molar-refractivity contribution in [3.63, 3.8) is 0 Å². The molecular formula is C16H13F2NO. The zero-order chi connectivity index (χ0) is 14.3. The summed E-state index contributed by atoms with van der Waals surface area (Å²) in [4.78, 5) is 14.1. The van der Waals surface area contributed by atoms with Gasteiger partial charge in [0.05, 0.1) is 5.56 Å². The molecule has 0 saturated carbocycles. The molecule has 2 aromatic rings. The molecule has 1 atom stereocenters. The maximum Gasteiger partial charge on any atom is 0.261 e. The molecule has 0 aromatic heterocycles. The van der Waals surface area contributed by atoms with Crippen molar-refractivity contribution in [2.75, 3.05) is 4.90 Å². The van der Waals surface area contributed by atoms with Gasteiger partial charge in [0.2, 0.25) is 0 Å². The summed E-state index contributed by atoms with van der Waals surface area (Å²) in [7, 11) is 0. The quantitative estimate of drug-likeness (QED) is 0.778. The molecule has 1 unspecified atom stereocenters. The fraction of sp³-hybridized carbons (Fsp3) is 0.188. The van der Waals surface area contributed by atoms with E-state index >= 15 is 0 Å². The summed E-state index contributed by atoms with van der Waals surface area (Å²) in [5.41, 5.74) is 1.76. The van der Waals surface area contributed by atoms with Crippen LogP contribution in [-0.2, 0) is 6.42 Å². The highest BCUT2D eigenvalue weighted by atomic mass is 19.1. The molecular weight excluding hydrogens is 260 g/mol. The summed E-state index contributed by atoms with van der Waals surface area (Å²) in [6.45, 7) is 1.92. The van der Waals surface area contributed by atoms with Crippen LogP contribution in [0.25, 0.3) is 0 Å². The minimum Gasteiger partial charge on any atom is -0.305 e. The zero-order valence-corrected chi connectivity index (χ0v) is 10.9. The molecule has 0 bridgehead atoms. The van der Waals surface area contributed by atoms with Crippen molar-refractivity contribution in [3.05, 3.63) is 65.2 Å². The number of fused-ring (bicyclic) bond motifs is 1. The molecule has 0 saturated heterocycles. The summed E-state index contributed by atoms with van der Waals surface area (Å²) >= 11 is 0. The highest BCUT2D eigenvalue weighted by Crippen LogP contribution is 2.33. The zero-order valence-electron chi connectivity index (χ0n) is 10.9. The summed E-state index contributed by atoms with van der Waals surface area (Å²) in [5, 5.41) is 0. The molecule has 0 fully saturated rings. The van der Waals surface area contributed by atoms with Gasteiger partial charge in [0.25, 0.3) is 5.91 Å². The highest BCUT2D eigenvalue weighted by molar-refractivity contribution is 6.07. The number of halogens is 2. The largest absolute Gasteiger partial charge is 0.305 e. The lowest BCUT2D eigenvalue weighted by Crippen LogP contribution is -2.36. The van der Waals surface area contributed by atoms with E-state index in [9.17, 15) is 13.6 Å². The molecule has 0 aliphatic carbocycles. The van der Waals surface area contributed by atoms with Crippen molar-refractivity contribution in [3.8, 4) is 0 Å². The predicted octanol–water partition coefficient (Wildman–Crippen LogP) is 3.56. The van der Waals surface area contributed by atoms with Crippen LogP contribution in [0.4, 0.5) is 14.5 Å². The van der Waals surface area contributed by atoms with Crippen LogP contribution in [0.2, 0.25) is 0 Å². The lowest BCUT2D eigenvalue weighted by Gasteiger charge is -2.23. The second kappa shape index (κ2) is 4.71. The Morgan fingerprint density at radius 2 is 1.95 bits per heavy atom. The average molecular weight is 273 g/mol. The fourth-order valence-electron chi connectivity index (χ4n) is 2.67. The maximum atomic E-state index is 13.8. The van der Waals surface area contributed by atoms with Gasteiger partial charge in [-0.15, -0.1) is 0 Å². The second-order valence-corrected chi connectivity index (χ2v) is 4.98. The molecule has 0 radical (unpaired) electrons. The first-order valence-corrected chi connectivity index (χ1v) is 6.44. The van der Waals surface area contributed by atoms with Crippen LogP contribution >= 0.6 is 0 Å². The number of nitrogens with zero attached hydrogens (tertiary/aromatic N) is 1. The van der Waals surface area contributed by atoms with E-state index in [4.69, 9.17) is 0 Å². The molecule has 1 aliphatic rings. The number of rotatable bonds is 1. The van der Waals surface area contributed by atoms with E-state index in [1.165, 1.54) is 6.07 Å². The lowest BCUT2D eigenvalue weighted by molar-refractivity contribution is 0.0977.